The summed E-state index contributed by atoms with van der Waals surface area (Å²) in [5.41, 5.74) is 0.780. The van der Waals surface area contributed by atoms with Crippen LogP contribution in [-0.4, -0.2) is 45.2 Å². The molecule has 0 spiro atoms. The summed E-state index contributed by atoms with van der Waals surface area (Å²) in [6, 6.07) is 3.62. The number of piperidine rings is 1. The zero-order valence-electron chi connectivity index (χ0n) is 15.9. The summed E-state index contributed by atoms with van der Waals surface area (Å²) in [5, 5.41) is 1.45. The van der Waals surface area contributed by atoms with Crippen LogP contribution in [0.2, 0.25) is 18.1 Å². The molecule has 0 aromatic carbocycles. The molecule has 0 unspecified atom stereocenters. The number of rotatable bonds is 5. The van der Waals surface area contributed by atoms with Crippen LogP contribution >= 0.6 is 0 Å². The molecule has 2 rings (SSSR count). The van der Waals surface area contributed by atoms with Gasteiger partial charge in [0.15, 0.2) is 8.32 Å². The standard InChI is InChI=1S/C18H30N2O3SSi/c1-18(2,3)25(4,5)23-17-8-12-20(13-9-17)24(21,22)14-10-16-7-6-11-19-15-16/h6-7,10-11,14-15,17H,8-9,12-13H2,1-5H3. The highest BCUT2D eigenvalue weighted by Gasteiger charge is 2.40. The number of aromatic nitrogens is 1. The van der Waals surface area contributed by atoms with E-state index in [2.05, 4.69) is 38.8 Å². The minimum atomic E-state index is -3.40. The van der Waals surface area contributed by atoms with Crippen LogP contribution in [-0.2, 0) is 14.4 Å². The molecule has 5 nitrogen and oxygen atoms in total. The average molecular weight is 383 g/mol. The van der Waals surface area contributed by atoms with Crippen molar-refractivity contribution in [2.45, 2.75) is 57.8 Å². The third kappa shape index (κ3) is 5.47. The van der Waals surface area contributed by atoms with Crippen LogP contribution in [0.3, 0.4) is 0 Å². The summed E-state index contributed by atoms with van der Waals surface area (Å²) in [5.74, 6) is 0. The van der Waals surface area contributed by atoms with E-state index in [1.165, 1.54) is 5.41 Å². The van der Waals surface area contributed by atoms with Gasteiger partial charge in [-0.25, -0.2) is 8.42 Å². The molecule has 0 bridgehead atoms. The highest BCUT2D eigenvalue weighted by molar-refractivity contribution is 7.92. The zero-order valence-corrected chi connectivity index (χ0v) is 17.7. The van der Waals surface area contributed by atoms with Crippen molar-refractivity contribution in [1.82, 2.24) is 9.29 Å². The average Bonchev–Trinajstić information content (AvgIpc) is 2.53. The molecule has 1 aliphatic rings. The van der Waals surface area contributed by atoms with Gasteiger partial charge in [-0.05, 0) is 48.7 Å². The van der Waals surface area contributed by atoms with E-state index < -0.39 is 18.3 Å². The Balaban J connectivity index is 1.94. The molecule has 140 valence electrons. The fourth-order valence-corrected chi connectivity index (χ4v) is 5.17. The van der Waals surface area contributed by atoms with Crippen LogP contribution in [0.15, 0.2) is 29.9 Å². The first-order valence-corrected chi connectivity index (χ1v) is 13.2. The second-order valence-corrected chi connectivity index (χ2v) is 14.7. The summed E-state index contributed by atoms with van der Waals surface area (Å²) >= 11 is 0. The van der Waals surface area contributed by atoms with Gasteiger partial charge < -0.3 is 4.43 Å². The normalized spacial score (nSPS) is 18.8. The summed E-state index contributed by atoms with van der Waals surface area (Å²) in [6.07, 6.45) is 6.58. The molecule has 0 amide bonds. The van der Waals surface area contributed by atoms with Crippen molar-refractivity contribution in [3.05, 3.63) is 35.5 Å². The maximum Gasteiger partial charge on any atom is 0.236 e. The summed E-state index contributed by atoms with van der Waals surface area (Å²) in [7, 11) is -5.20. The van der Waals surface area contributed by atoms with Crippen molar-refractivity contribution in [2.24, 2.45) is 0 Å². The highest BCUT2D eigenvalue weighted by Crippen LogP contribution is 2.38. The van der Waals surface area contributed by atoms with Crippen molar-refractivity contribution in [3.8, 4) is 0 Å². The fraction of sp³-hybridized carbons (Fsp3) is 0.611. The Bertz CT molecular complexity index is 689. The number of nitrogens with zero attached hydrogens (tertiary/aromatic N) is 2. The topological polar surface area (TPSA) is 59.5 Å². The molecule has 0 saturated carbocycles. The predicted molar refractivity (Wildman–Crippen MR) is 105 cm³/mol. The van der Waals surface area contributed by atoms with Crippen LogP contribution in [0, 0.1) is 0 Å². The van der Waals surface area contributed by atoms with E-state index in [1.807, 2.05) is 6.07 Å². The monoisotopic (exact) mass is 382 g/mol. The minimum Gasteiger partial charge on any atom is -0.414 e. The quantitative estimate of drug-likeness (QED) is 0.725. The predicted octanol–water partition coefficient (Wildman–Crippen LogP) is 3.87. The van der Waals surface area contributed by atoms with Gasteiger partial charge in [0.05, 0.1) is 0 Å². The van der Waals surface area contributed by atoms with Crippen molar-refractivity contribution in [3.63, 3.8) is 0 Å². The van der Waals surface area contributed by atoms with Gasteiger partial charge in [-0.2, -0.15) is 4.31 Å². The lowest BCUT2D eigenvalue weighted by atomic mass is 10.1. The van der Waals surface area contributed by atoms with Gasteiger partial charge >= 0.3 is 0 Å². The second kappa shape index (κ2) is 7.69. The smallest absolute Gasteiger partial charge is 0.236 e. The fourth-order valence-electron chi connectivity index (χ4n) is 2.52. The van der Waals surface area contributed by atoms with E-state index in [0.29, 0.717) is 13.1 Å². The van der Waals surface area contributed by atoms with Gasteiger partial charge in [0.2, 0.25) is 10.0 Å². The second-order valence-electron chi connectivity index (χ2n) is 8.11. The van der Waals surface area contributed by atoms with Crippen LogP contribution < -0.4 is 0 Å². The first-order chi connectivity index (χ1) is 11.5. The van der Waals surface area contributed by atoms with Crippen LogP contribution in [0.5, 0.6) is 0 Å². The Morgan fingerprint density at radius 2 is 1.92 bits per heavy atom. The lowest BCUT2D eigenvalue weighted by molar-refractivity contribution is 0.121. The Morgan fingerprint density at radius 3 is 2.44 bits per heavy atom. The number of pyridine rings is 1. The van der Waals surface area contributed by atoms with Crippen molar-refractivity contribution in [1.29, 1.82) is 0 Å². The molecule has 2 heterocycles. The molecule has 1 aliphatic heterocycles. The van der Waals surface area contributed by atoms with Gasteiger partial charge in [-0.15, -0.1) is 0 Å². The molecule has 0 N–H and O–H groups in total. The molecule has 7 heteroatoms. The molecular formula is C18H30N2O3SSi. The number of sulfonamides is 1. The minimum absolute atomic E-state index is 0.162. The van der Waals surface area contributed by atoms with E-state index in [4.69, 9.17) is 4.43 Å². The summed E-state index contributed by atoms with van der Waals surface area (Å²) < 4.78 is 33.0. The summed E-state index contributed by atoms with van der Waals surface area (Å²) in [4.78, 5) is 3.99. The van der Waals surface area contributed by atoms with Crippen molar-refractivity contribution >= 4 is 24.4 Å². The SMILES string of the molecule is CC(C)(C)[Si](C)(C)OC1CCN(S(=O)(=O)C=Cc2cccnc2)CC1. The van der Waals surface area contributed by atoms with E-state index in [0.717, 1.165) is 18.4 Å². The van der Waals surface area contributed by atoms with Crippen LogP contribution in [0.4, 0.5) is 0 Å². The Morgan fingerprint density at radius 1 is 1.28 bits per heavy atom. The molecule has 25 heavy (non-hydrogen) atoms. The molecule has 0 aliphatic carbocycles. The van der Waals surface area contributed by atoms with E-state index >= 15 is 0 Å². The first-order valence-electron chi connectivity index (χ1n) is 8.77. The molecular weight excluding hydrogens is 352 g/mol. The van der Waals surface area contributed by atoms with E-state index in [9.17, 15) is 8.42 Å². The first kappa shape index (κ1) is 20.3. The zero-order chi connectivity index (χ0) is 18.7. The lowest BCUT2D eigenvalue weighted by Crippen LogP contribution is -2.47. The number of hydrogen-bond acceptors (Lipinski definition) is 4. The molecule has 0 atom stereocenters. The maximum atomic E-state index is 12.5. The Kier molecular flexibility index (Phi) is 6.25. The molecule has 1 aromatic rings. The Hall–Kier alpha value is -1.02. The number of hydrogen-bond donors (Lipinski definition) is 0. The third-order valence-corrected chi connectivity index (χ3v) is 11.2. The third-order valence-electron chi connectivity index (χ3n) is 5.15. The summed E-state index contributed by atoms with van der Waals surface area (Å²) in [6.45, 7) is 12.2. The van der Waals surface area contributed by atoms with Gasteiger partial charge in [-0.1, -0.05) is 26.8 Å². The van der Waals surface area contributed by atoms with Crippen LogP contribution in [0.25, 0.3) is 6.08 Å². The maximum absolute atomic E-state index is 12.5. The van der Waals surface area contributed by atoms with Crippen LogP contribution in [0.1, 0.15) is 39.2 Å². The Labute approximate surface area is 153 Å². The van der Waals surface area contributed by atoms with Gasteiger partial charge in [-0.3, -0.25) is 4.98 Å². The molecule has 1 aromatic heterocycles. The van der Waals surface area contributed by atoms with E-state index in [-0.39, 0.29) is 11.1 Å². The van der Waals surface area contributed by atoms with Gasteiger partial charge in [0, 0.05) is 37.0 Å². The lowest BCUT2D eigenvalue weighted by Gasteiger charge is -2.41. The molecule has 1 fully saturated rings. The molecule has 0 radical (unpaired) electrons. The van der Waals surface area contributed by atoms with Gasteiger partial charge in [0.1, 0.15) is 0 Å². The van der Waals surface area contributed by atoms with E-state index in [1.54, 1.807) is 28.8 Å². The molecule has 1 saturated heterocycles. The highest BCUT2D eigenvalue weighted by atomic mass is 32.2. The van der Waals surface area contributed by atoms with Crippen molar-refractivity contribution in [2.75, 3.05) is 13.1 Å². The van der Waals surface area contributed by atoms with Crippen molar-refractivity contribution < 1.29 is 12.8 Å². The van der Waals surface area contributed by atoms with Gasteiger partial charge in [0.25, 0.3) is 0 Å². The largest absolute Gasteiger partial charge is 0.414 e.